The van der Waals surface area contributed by atoms with Gasteiger partial charge in [-0.2, -0.15) is 0 Å². The monoisotopic (exact) mass is 393 g/mol. The number of carbonyl (C=O) groups is 1. The molecule has 1 aromatic carbocycles. The molecule has 2 heterocycles. The first kappa shape index (κ1) is 19.2. The fourth-order valence-corrected chi connectivity index (χ4v) is 3.93. The second-order valence-corrected chi connectivity index (χ2v) is 8.04. The topological polar surface area (TPSA) is 73.9 Å². The summed E-state index contributed by atoms with van der Waals surface area (Å²) in [6.07, 6.45) is 2.01. The van der Waals surface area contributed by atoms with Crippen molar-refractivity contribution < 1.29 is 4.79 Å². The summed E-state index contributed by atoms with van der Waals surface area (Å²) in [5.74, 6) is 1.79. The first-order valence-corrected chi connectivity index (χ1v) is 10.2. The van der Waals surface area contributed by atoms with Crippen LogP contribution in [0.1, 0.15) is 24.2 Å². The molecule has 8 heteroatoms. The molecule has 1 fully saturated rings. The second-order valence-electron chi connectivity index (χ2n) is 6.54. The van der Waals surface area contributed by atoms with E-state index in [1.54, 1.807) is 11.8 Å². The predicted molar refractivity (Wildman–Crippen MR) is 104 cm³/mol. The van der Waals surface area contributed by atoms with Crippen molar-refractivity contribution in [3.63, 3.8) is 0 Å². The molecule has 140 valence electrons. The van der Waals surface area contributed by atoms with E-state index in [4.69, 9.17) is 11.6 Å². The molecule has 2 N–H and O–H groups in total. The summed E-state index contributed by atoms with van der Waals surface area (Å²) >= 11 is 7.49. The standard InChI is InChI=1S/C18H24ClN5OS/c1-13-21-18(23-22-13)26-10-8-20-17(25)15-3-2-9-24(12-15)11-14-4-6-16(19)7-5-14/h4-7,15H,2-3,8-12H2,1H3,(H,20,25)(H,21,22,23)/t15-/m0/s1. The summed E-state index contributed by atoms with van der Waals surface area (Å²) < 4.78 is 0. The van der Waals surface area contributed by atoms with Gasteiger partial charge in [0.1, 0.15) is 5.82 Å². The summed E-state index contributed by atoms with van der Waals surface area (Å²) in [4.78, 5) is 19.0. The summed E-state index contributed by atoms with van der Waals surface area (Å²) in [5, 5.41) is 11.4. The molecule has 0 spiro atoms. The number of carbonyl (C=O) groups excluding carboxylic acids is 1. The molecule has 0 unspecified atom stereocenters. The third kappa shape index (κ3) is 5.72. The van der Waals surface area contributed by atoms with E-state index in [1.807, 2.05) is 31.2 Å². The minimum atomic E-state index is 0.0619. The first-order chi connectivity index (χ1) is 12.6. The third-order valence-corrected chi connectivity index (χ3v) is 5.51. The first-order valence-electron chi connectivity index (χ1n) is 8.86. The number of piperidine rings is 1. The number of benzene rings is 1. The van der Waals surface area contributed by atoms with Gasteiger partial charge in [-0.25, -0.2) is 4.98 Å². The molecule has 0 aliphatic carbocycles. The molecule has 1 aliphatic heterocycles. The van der Waals surface area contributed by atoms with Crippen molar-refractivity contribution in [3.05, 3.63) is 40.7 Å². The maximum Gasteiger partial charge on any atom is 0.224 e. The Morgan fingerprint density at radius 1 is 1.42 bits per heavy atom. The summed E-state index contributed by atoms with van der Waals surface area (Å²) in [7, 11) is 0. The van der Waals surface area contributed by atoms with Crippen LogP contribution in [-0.2, 0) is 11.3 Å². The molecule has 2 aromatic rings. The van der Waals surface area contributed by atoms with E-state index in [2.05, 4.69) is 25.4 Å². The molecule has 0 bridgehead atoms. The van der Waals surface area contributed by atoms with Crippen molar-refractivity contribution in [3.8, 4) is 0 Å². The van der Waals surface area contributed by atoms with Crippen LogP contribution >= 0.6 is 23.4 Å². The van der Waals surface area contributed by atoms with Crippen LogP contribution in [0.2, 0.25) is 5.02 Å². The molecule has 1 aliphatic rings. The average molecular weight is 394 g/mol. The number of likely N-dealkylation sites (tertiary alicyclic amines) is 1. The van der Waals surface area contributed by atoms with Crippen LogP contribution in [-0.4, -0.2) is 51.4 Å². The number of aromatic nitrogens is 3. The van der Waals surface area contributed by atoms with E-state index in [9.17, 15) is 4.79 Å². The largest absolute Gasteiger partial charge is 0.355 e. The van der Waals surface area contributed by atoms with E-state index >= 15 is 0 Å². The third-order valence-electron chi connectivity index (χ3n) is 4.40. The Morgan fingerprint density at radius 3 is 2.96 bits per heavy atom. The fourth-order valence-electron chi connectivity index (χ4n) is 3.11. The number of thioether (sulfide) groups is 1. The zero-order valence-corrected chi connectivity index (χ0v) is 16.4. The number of amides is 1. The van der Waals surface area contributed by atoms with Gasteiger partial charge in [0.25, 0.3) is 0 Å². The van der Waals surface area contributed by atoms with Crippen LogP contribution in [0.4, 0.5) is 0 Å². The van der Waals surface area contributed by atoms with Gasteiger partial charge in [-0.1, -0.05) is 35.5 Å². The maximum absolute atomic E-state index is 12.5. The summed E-state index contributed by atoms with van der Waals surface area (Å²) in [6.45, 7) is 5.21. The number of aryl methyl sites for hydroxylation is 1. The smallest absolute Gasteiger partial charge is 0.224 e. The highest BCUT2D eigenvalue weighted by molar-refractivity contribution is 7.99. The molecule has 1 atom stereocenters. The molecule has 3 rings (SSSR count). The zero-order valence-electron chi connectivity index (χ0n) is 14.9. The normalized spacial score (nSPS) is 18.0. The Hall–Kier alpha value is -1.57. The average Bonchev–Trinajstić information content (AvgIpc) is 3.06. The second kappa shape index (κ2) is 9.39. The molecule has 6 nitrogen and oxygen atoms in total. The van der Waals surface area contributed by atoms with Crippen molar-refractivity contribution in [1.29, 1.82) is 0 Å². The van der Waals surface area contributed by atoms with Gasteiger partial charge in [0, 0.05) is 30.4 Å². The fraction of sp³-hybridized carbons (Fsp3) is 0.500. The number of hydrogen-bond donors (Lipinski definition) is 2. The minimum absolute atomic E-state index is 0.0619. The quantitative estimate of drug-likeness (QED) is 0.559. The number of rotatable bonds is 7. The number of H-pyrrole nitrogens is 1. The molecule has 26 heavy (non-hydrogen) atoms. The number of hydrogen-bond acceptors (Lipinski definition) is 5. The number of aromatic amines is 1. The molecule has 0 saturated carbocycles. The van der Waals surface area contributed by atoms with Gasteiger partial charge in [0.2, 0.25) is 11.1 Å². The van der Waals surface area contributed by atoms with Crippen molar-refractivity contribution in [2.24, 2.45) is 5.92 Å². The minimum Gasteiger partial charge on any atom is -0.355 e. The van der Waals surface area contributed by atoms with Gasteiger partial charge < -0.3 is 5.32 Å². The van der Waals surface area contributed by atoms with Crippen molar-refractivity contribution in [1.82, 2.24) is 25.4 Å². The van der Waals surface area contributed by atoms with Crippen LogP contribution in [0.5, 0.6) is 0 Å². The van der Waals surface area contributed by atoms with Gasteiger partial charge >= 0.3 is 0 Å². The lowest BCUT2D eigenvalue weighted by Gasteiger charge is -2.32. The predicted octanol–water partition coefficient (Wildman–Crippen LogP) is 2.89. The van der Waals surface area contributed by atoms with Crippen LogP contribution in [0.3, 0.4) is 0 Å². The van der Waals surface area contributed by atoms with Crippen LogP contribution in [0, 0.1) is 12.8 Å². The Morgan fingerprint density at radius 2 is 2.23 bits per heavy atom. The summed E-state index contributed by atoms with van der Waals surface area (Å²) in [5.41, 5.74) is 1.23. The van der Waals surface area contributed by atoms with Gasteiger partial charge in [0.15, 0.2) is 0 Å². The lowest BCUT2D eigenvalue weighted by atomic mass is 9.96. The SMILES string of the molecule is Cc1nc(SCCNC(=O)[C@H]2CCCN(Cc3ccc(Cl)cc3)C2)n[nH]1. The lowest BCUT2D eigenvalue weighted by Crippen LogP contribution is -2.43. The van der Waals surface area contributed by atoms with E-state index in [-0.39, 0.29) is 11.8 Å². The van der Waals surface area contributed by atoms with E-state index in [0.717, 1.165) is 54.2 Å². The van der Waals surface area contributed by atoms with Gasteiger partial charge in [-0.3, -0.25) is 14.8 Å². The number of halogens is 1. The Kier molecular flexibility index (Phi) is 6.93. The highest BCUT2D eigenvalue weighted by atomic mass is 35.5. The van der Waals surface area contributed by atoms with E-state index in [1.165, 1.54) is 5.56 Å². The van der Waals surface area contributed by atoms with Gasteiger partial charge in [-0.15, -0.1) is 5.10 Å². The molecule has 1 amide bonds. The molecular formula is C18H24ClN5OS. The van der Waals surface area contributed by atoms with Crippen molar-refractivity contribution in [2.75, 3.05) is 25.4 Å². The van der Waals surface area contributed by atoms with Crippen LogP contribution < -0.4 is 5.32 Å². The van der Waals surface area contributed by atoms with E-state index < -0.39 is 0 Å². The van der Waals surface area contributed by atoms with Crippen molar-refractivity contribution >= 4 is 29.3 Å². The van der Waals surface area contributed by atoms with Crippen LogP contribution in [0.25, 0.3) is 0 Å². The van der Waals surface area contributed by atoms with Crippen molar-refractivity contribution in [2.45, 2.75) is 31.5 Å². The van der Waals surface area contributed by atoms with E-state index in [0.29, 0.717) is 6.54 Å². The lowest BCUT2D eigenvalue weighted by molar-refractivity contribution is -0.126. The Labute approximate surface area is 163 Å². The van der Waals surface area contributed by atoms with Crippen LogP contribution in [0.15, 0.2) is 29.4 Å². The van der Waals surface area contributed by atoms with Gasteiger partial charge in [-0.05, 0) is 44.0 Å². The molecule has 1 aromatic heterocycles. The summed E-state index contributed by atoms with van der Waals surface area (Å²) in [6, 6.07) is 7.93. The highest BCUT2D eigenvalue weighted by Crippen LogP contribution is 2.20. The Bertz CT molecular complexity index is 721. The number of nitrogens with zero attached hydrogens (tertiary/aromatic N) is 3. The number of nitrogens with one attached hydrogen (secondary N) is 2. The Balaban J connectivity index is 1.40. The molecule has 0 radical (unpaired) electrons. The highest BCUT2D eigenvalue weighted by Gasteiger charge is 2.25. The maximum atomic E-state index is 12.5. The molecular weight excluding hydrogens is 370 g/mol. The van der Waals surface area contributed by atoms with Gasteiger partial charge in [0.05, 0.1) is 5.92 Å². The molecule has 1 saturated heterocycles. The zero-order chi connectivity index (χ0) is 18.4.